The van der Waals surface area contributed by atoms with Gasteiger partial charge in [0, 0.05) is 18.2 Å². The molecule has 1 aliphatic carbocycles. The third-order valence-electron chi connectivity index (χ3n) is 5.31. The molecule has 1 saturated carbocycles. The molecular formula is C24H30N2O2. The summed E-state index contributed by atoms with van der Waals surface area (Å²) < 4.78 is 0. The van der Waals surface area contributed by atoms with Crippen LogP contribution in [0.15, 0.2) is 54.6 Å². The smallest absolute Gasteiger partial charge is 0.230 e. The third-order valence-corrected chi connectivity index (χ3v) is 5.31. The van der Waals surface area contributed by atoms with E-state index in [1.54, 1.807) is 0 Å². The maximum absolute atomic E-state index is 13.3. The second kappa shape index (κ2) is 10.1. The molecule has 0 radical (unpaired) electrons. The molecule has 0 spiro atoms. The van der Waals surface area contributed by atoms with Crippen molar-refractivity contribution < 1.29 is 9.59 Å². The van der Waals surface area contributed by atoms with Gasteiger partial charge >= 0.3 is 0 Å². The van der Waals surface area contributed by atoms with Gasteiger partial charge in [0.05, 0.1) is 13.0 Å². The summed E-state index contributed by atoms with van der Waals surface area (Å²) in [5.41, 5.74) is 2.92. The number of rotatable bonds is 8. The fourth-order valence-electron chi connectivity index (χ4n) is 3.80. The first-order valence-electron chi connectivity index (χ1n) is 10.4. The summed E-state index contributed by atoms with van der Waals surface area (Å²) in [4.78, 5) is 27.3. The average Bonchev–Trinajstić information content (AvgIpc) is 3.26. The van der Waals surface area contributed by atoms with Crippen LogP contribution in [0.1, 0.15) is 50.2 Å². The zero-order valence-electron chi connectivity index (χ0n) is 16.7. The Bertz CT molecular complexity index is 782. The van der Waals surface area contributed by atoms with E-state index in [9.17, 15) is 9.59 Å². The molecule has 3 rings (SSSR count). The molecule has 2 aromatic rings. The van der Waals surface area contributed by atoms with Crippen molar-refractivity contribution in [2.24, 2.45) is 5.92 Å². The summed E-state index contributed by atoms with van der Waals surface area (Å²) in [5, 5.41) is 2.92. The van der Waals surface area contributed by atoms with Crippen LogP contribution in [0.2, 0.25) is 0 Å². The van der Waals surface area contributed by atoms with Gasteiger partial charge in [0.25, 0.3) is 0 Å². The molecule has 0 aliphatic heterocycles. The number of amides is 2. The summed E-state index contributed by atoms with van der Waals surface area (Å²) in [7, 11) is 0. The van der Waals surface area contributed by atoms with Gasteiger partial charge in [-0.2, -0.15) is 0 Å². The van der Waals surface area contributed by atoms with Gasteiger partial charge in [-0.3, -0.25) is 9.59 Å². The molecule has 2 aromatic carbocycles. The summed E-state index contributed by atoms with van der Waals surface area (Å²) >= 11 is 0. The Balaban J connectivity index is 1.81. The van der Waals surface area contributed by atoms with Crippen LogP contribution in [0.25, 0.3) is 0 Å². The molecule has 1 aliphatic rings. The van der Waals surface area contributed by atoms with Crippen LogP contribution in [0.5, 0.6) is 0 Å². The maximum Gasteiger partial charge on any atom is 0.230 e. The standard InChI is InChI=1S/C24H30N2O2/c1-2-15-25-23(27)17-20-11-8-14-22(16-20)26(18-19-9-4-3-5-10-19)24(28)21-12-6-7-13-21/h3-5,8-11,14,16,21H,2,6-7,12-13,15,17-18H2,1H3,(H,25,27). The Kier molecular flexibility index (Phi) is 7.24. The van der Waals surface area contributed by atoms with Crippen LogP contribution in [0, 0.1) is 5.92 Å². The minimum absolute atomic E-state index is 0.0238. The lowest BCUT2D eigenvalue weighted by Gasteiger charge is -2.26. The van der Waals surface area contributed by atoms with Crippen LogP contribution in [-0.2, 0) is 22.6 Å². The maximum atomic E-state index is 13.3. The van der Waals surface area contributed by atoms with E-state index in [0.29, 0.717) is 19.5 Å². The van der Waals surface area contributed by atoms with Crippen LogP contribution in [0.3, 0.4) is 0 Å². The molecule has 28 heavy (non-hydrogen) atoms. The number of benzene rings is 2. The van der Waals surface area contributed by atoms with E-state index in [1.807, 2.05) is 54.3 Å². The second-order valence-electron chi connectivity index (χ2n) is 7.59. The number of hydrogen-bond acceptors (Lipinski definition) is 2. The molecule has 0 aromatic heterocycles. The predicted octanol–water partition coefficient (Wildman–Crippen LogP) is 4.48. The summed E-state index contributed by atoms with van der Waals surface area (Å²) in [6.45, 7) is 3.29. The Labute approximate surface area is 167 Å². The number of carbonyl (C=O) groups is 2. The van der Waals surface area contributed by atoms with Crippen molar-refractivity contribution in [2.45, 2.75) is 52.0 Å². The van der Waals surface area contributed by atoms with Crippen molar-refractivity contribution in [3.8, 4) is 0 Å². The Morgan fingerprint density at radius 2 is 1.71 bits per heavy atom. The van der Waals surface area contributed by atoms with E-state index in [0.717, 1.165) is 48.9 Å². The molecule has 4 heteroatoms. The number of nitrogens with zero attached hydrogens (tertiary/aromatic N) is 1. The summed E-state index contributed by atoms with van der Waals surface area (Å²) in [6.07, 6.45) is 5.48. The van der Waals surface area contributed by atoms with E-state index in [4.69, 9.17) is 0 Å². The summed E-state index contributed by atoms with van der Waals surface area (Å²) in [5.74, 6) is 0.338. The number of hydrogen-bond donors (Lipinski definition) is 1. The average molecular weight is 379 g/mol. The number of anilines is 1. The first kappa shape index (κ1) is 20.1. The SMILES string of the molecule is CCCNC(=O)Cc1cccc(N(Cc2ccccc2)C(=O)C2CCCC2)c1. The zero-order valence-corrected chi connectivity index (χ0v) is 16.7. The zero-order chi connectivity index (χ0) is 19.8. The molecule has 0 unspecified atom stereocenters. The van der Waals surface area contributed by atoms with Gasteiger partial charge in [0.2, 0.25) is 11.8 Å². The first-order chi connectivity index (χ1) is 13.7. The van der Waals surface area contributed by atoms with Crippen LogP contribution >= 0.6 is 0 Å². The quantitative estimate of drug-likeness (QED) is 0.736. The molecule has 0 bridgehead atoms. The molecule has 1 fully saturated rings. The highest BCUT2D eigenvalue weighted by Gasteiger charge is 2.28. The van der Waals surface area contributed by atoms with E-state index in [2.05, 4.69) is 17.4 Å². The highest BCUT2D eigenvalue weighted by atomic mass is 16.2. The molecular weight excluding hydrogens is 348 g/mol. The monoisotopic (exact) mass is 378 g/mol. The fourth-order valence-corrected chi connectivity index (χ4v) is 3.80. The van der Waals surface area contributed by atoms with Crippen molar-refractivity contribution in [2.75, 3.05) is 11.4 Å². The topological polar surface area (TPSA) is 49.4 Å². The predicted molar refractivity (Wildman–Crippen MR) is 113 cm³/mol. The van der Waals surface area contributed by atoms with Crippen molar-refractivity contribution in [3.05, 3.63) is 65.7 Å². The van der Waals surface area contributed by atoms with Crippen LogP contribution < -0.4 is 10.2 Å². The molecule has 4 nitrogen and oxygen atoms in total. The van der Waals surface area contributed by atoms with Gasteiger partial charge in [0.15, 0.2) is 0 Å². The molecule has 148 valence electrons. The minimum atomic E-state index is 0.0238. The Morgan fingerprint density at radius 3 is 2.43 bits per heavy atom. The van der Waals surface area contributed by atoms with Crippen molar-refractivity contribution in [1.82, 2.24) is 5.32 Å². The lowest BCUT2D eigenvalue weighted by Crippen LogP contribution is -2.35. The minimum Gasteiger partial charge on any atom is -0.356 e. The fraction of sp³-hybridized carbons (Fsp3) is 0.417. The van der Waals surface area contributed by atoms with E-state index in [1.165, 1.54) is 0 Å². The Hall–Kier alpha value is -2.62. The van der Waals surface area contributed by atoms with E-state index < -0.39 is 0 Å². The second-order valence-corrected chi connectivity index (χ2v) is 7.59. The molecule has 0 atom stereocenters. The highest BCUT2D eigenvalue weighted by Crippen LogP contribution is 2.30. The third kappa shape index (κ3) is 5.44. The van der Waals surface area contributed by atoms with Crippen molar-refractivity contribution in [1.29, 1.82) is 0 Å². The number of nitrogens with one attached hydrogen (secondary N) is 1. The Morgan fingerprint density at radius 1 is 1.00 bits per heavy atom. The van der Waals surface area contributed by atoms with Crippen molar-refractivity contribution in [3.63, 3.8) is 0 Å². The van der Waals surface area contributed by atoms with E-state index >= 15 is 0 Å². The normalized spacial score (nSPS) is 14.0. The lowest BCUT2D eigenvalue weighted by atomic mass is 10.0. The lowest BCUT2D eigenvalue weighted by molar-refractivity contribution is -0.122. The van der Waals surface area contributed by atoms with Crippen LogP contribution in [0.4, 0.5) is 5.69 Å². The van der Waals surface area contributed by atoms with Gasteiger partial charge in [0.1, 0.15) is 0 Å². The van der Waals surface area contributed by atoms with Crippen LogP contribution in [-0.4, -0.2) is 18.4 Å². The highest BCUT2D eigenvalue weighted by molar-refractivity contribution is 5.95. The van der Waals surface area contributed by atoms with Gasteiger partial charge in [-0.1, -0.05) is 62.2 Å². The van der Waals surface area contributed by atoms with Gasteiger partial charge < -0.3 is 10.2 Å². The largest absolute Gasteiger partial charge is 0.356 e. The van der Waals surface area contributed by atoms with Gasteiger partial charge in [-0.05, 0) is 42.5 Å². The molecule has 1 N–H and O–H groups in total. The van der Waals surface area contributed by atoms with Crippen molar-refractivity contribution >= 4 is 17.5 Å². The summed E-state index contributed by atoms with van der Waals surface area (Å²) in [6, 6.07) is 18.0. The van der Waals surface area contributed by atoms with Gasteiger partial charge in [-0.15, -0.1) is 0 Å². The first-order valence-corrected chi connectivity index (χ1v) is 10.4. The van der Waals surface area contributed by atoms with Gasteiger partial charge in [-0.25, -0.2) is 0 Å². The van der Waals surface area contributed by atoms with E-state index in [-0.39, 0.29) is 17.7 Å². The number of carbonyl (C=O) groups excluding carboxylic acids is 2. The molecule has 0 saturated heterocycles. The molecule has 2 amide bonds. The molecule has 0 heterocycles.